The molecule has 0 aliphatic heterocycles. The third-order valence-corrected chi connectivity index (χ3v) is 5.06. The van der Waals surface area contributed by atoms with Gasteiger partial charge in [-0.3, -0.25) is 0 Å². The SMILES string of the molecule is CCC1=CCC(c2c(C)sc3c2C(=C(C)C)C=C3)=C1. The van der Waals surface area contributed by atoms with Crippen molar-refractivity contribution in [3.05, 3.63) is 50.3 Å². The fourth-order valence-corrected chi connectivity index (χ4v) is 4.12. The van der Waals surface area contributed by atoms with Crippen LogP contribution in [0.5, 0.6) is 0 Å². The largest absolute Gasteiger partial charge is 0.140 e. The van der Waals surface area contributed by atoms with Gasteiger partial charge in [-0.2, -0.15) is 0 Å². The summed E-state index contributed by atoms with van der Waals surface area (Å²) in [4.78, 5) is 2.90. The predicted molar refractivity (Wildman–Crippen MR) is 87.3 cm³/mol. The zero-order chi connectivity index (χ0) is 13.6. The van der Waals surface area contributed by atoms with Crippen LogP contribution in [0.15, 0.2) is 29.4 Å². The zero-order valence-electron chi connectivity index (χ0n) is 12.1. The van der Waals surface area contributed by atoms with Crippen LogP contribution in [0.1, 0.15) is 54.5 Å². The van der Waals surface area contributed by atoms with Crippen LogP contribution in [-0.2, 0) is 0 Å². The molecule has 0 unspecified atom stereocenters. The molecule has 0 radical (unpaired) electrons. The molecule has 2 aliphatic rings. The topological polar surface area (TPSA) is 0 Å². The van der Waals surface area contributed by atoms with Gasteiger partial charge in [-0.05, 0) is 50.8 Å². The Morgan fingerprint density at radius 1 is 1.21 bits per heavy atom. The van der Waals surface area contributed by atoms with Crippen molar-refractivity contribution in [2.24, 2.45) is 0 Å². The molecule has 0 atom stereocenters. The number of rotatable bonds is 2. The molecular formula is C18H20S. The van der Waals surface area contributed by atoms with E-state index in [1.54, 1.807) is 0 Å². The molecule has 0 N–H and O–H groups in total. The van der Waals surface area contributed by atoms with Crippen LogP contribution < -0.4 is 0 Å². The second kappa shape index (κ2) is 4.64. The number of aryl methyl sites for hydroxylation is 1. The van der Waals surface area contributed by atoms with E-state index in [0.29, 0.717) is 0 Å². The Balaban J connectivity index is 2.14. The Bertz CT molecular complexity index is 656. The van der Waals surface area contributed by atoms with Gasteiger partial charge in [0.25, 0.3) is 0 Å². The first-order chi connectivity index (χ1) is 9.11. The smallest absolute Gasteiger partial charge is 0.0358 e. The lowest BCUT2D eigenvalue weighted by molar-refractivity contribution is 1.15. The van der Waals surface area contributed by atoms with Gasteiger partial charge in [0, 0.05) is 20.9 Å². The maximum Gasteiger partial charge on any atom is 0.0358 e. The summed E-state index contributed by atoms with van der Waals surface area (Å²) in [5, 5.41) is 0. The van der Waals surface area contributed by atoms with E-state index in [4.69, 9.17) is 0 Å². The van der Waals surface area contributed by atoms with Crippen LogP contribution in [0, 0.1) is 6.92 Å². The zero-order valence-corrected chi connectivity index (χ0v) is 12.9. The van der Waals surface area contributed by atoms with Gasteiger partial charge in [0.2, 0.25) is 0 Å². The fraction of sp³-hybridized carbons (Fsp3) is 0.333. The third-order valence-electron chi connectivity index (χ3n) is 3.99. The maximum atomic E-state index is 2.40. The quantitative estimate of drug-likeness (QED) is 0.617. The summed E-state index contributed by atoms with van der Waals surface area (Å²) in [5.41, 5.74) is 8.82. The minimum Gasteiger partial charge on any atom is -0.140 e. The molecule has 3 rings (SSSR count). The third kappa shape index (κ3) is 1.97. The van der Waals surface area contributed by atoms with Crippen molar-refractivity contribution >= 4 is 28.6 Å². The van der Waals surface area contributed by atoms with Crippen LogP contribution in [0.3, 0.4) is 0 Å². The summed E-state index contributed by atoms with van der Waals surface area (Å²) >= 11 is 1.94. The van der Waals surface area contributed by atoms with Gasteiger partial charge in [-0.25, -0.2) is 0 Å². The van der Waals surface area contributed by atoms with E-state index in [0.717, 1.165) is 12.8 Å². The van der Waals surface area contributed by atoms with Gasteiger partial charge in [-0.1, -0.05) is 36.3 Å². The lowest BCUT2D eigenvalue weighted by atomic mass is 9.95. The van der Waals surface area contributed by atoms with E-state index in [-0.39, 0.29) is 0 Å². The molecule has 98 valence electrons. The minimum absolute atomic E-state index is 1.10. The molecule has 1 heteroatoms. The molecule has 19 heavy (non-hydrogen) atoms. The molecule has 0 saturated heterocycles. The molecule has 1 aromatic rings. The number of hydrogen-bond acceptors (Lipinski definition) is 1. The summed E-state index contributed by atoms with van der Waals surface area (Å²) in [5.74, 6) is 0. The molecule has 2 aliphatic carbocycles. The van der Waals surface area contributed by atoms with E-state index in [1.807, 2.05) is 11.3 Å². The summed E-state index contributed by atoms with van der Waals surface area (Å²) in [6, 6.07) is 0. The molecule has 0 fully saturated rings. The molecule has 0 aromatic carbocycles. The predicted octanol–water partition coefficient (Wildman–Crippen LogP) is 6.00. The highest BCUT2D eigenvalue weighted by Crippen LogP contribution is 2.45. The lowest BCUT2D eigenvalue weighted by Gasteiger charge is -2.08. The highest BCUT2D eigenvalue weighted by molar-refractivity contribution is 7.13. The molecule has 1 heterocycles. The van der Waals surface area contributed by atoms with Crippen molar-refractivity contribution in [3.63, 3.8) is 0 Å². The van der Waals surface area contributed by atoms with Gasteiger partial charge in [0.15, 0.2) is 0 Å². The van der Waals surface area contributed by atoms with E-state index in [2.05, 4.69) is 52.0 Å². The summed E-state index contributed by atoms with van der Waals surface area (Å²) in [7, 11) is 0. The Labute approximate surface area is 119 Å². The summed E-state index contributed by atoms with van der Waals surface area (Å²) < 4.78 is 0. The summed E-state index contributed by atoms with van der Waals surface area (Å²) in [6.45, 7) is 8.92. The lowest BCUT2D eigenvalue weighted by Crippen LogP contribution is -1.89. The van der Waals surface area contributed by atoms with Crippen LogP contribution in [0.4, 0.5) is 0 Å². The standard InChI is InChI=1S/C18H20S/c1-5-13-6-7-14(10-13)17-12(4)19-16-9-8-15(11(2)3)18(16)17/h6,8-10H,5,7H2,1-4H3. The van der Waals surface area contributed by atoms with Crippen molar-refractivity contribution < 1.29 is 0 Å². The molecule has 0 spiro atoms. The number of fused-ring (bicyclic) bond motifs is 1. The highest BCUT2D eigenvalue weighted by atomic mass is 32.1. The molecule has 0 amide bonds. The summed E-state index contributed by atoms with van der Waals surface area (Å²) in [6.07, 6.45) is 11.6. The highest BCUT2D eigenvalue weighted by Gasteiger charge is 2.24. The average Bonchev–Trinajstić information content (AvgIpc) is 3.02. The normalized spacial score (nSPS) is 16.7. The van der Waals surface area contributed by atoms with Crippen molar-refractivity contribution in [1.82, 2.24) is 0 Å². The van der Waals surface area contributed by atoms with Gasteiger partial charge in [0.1, 0.15) is 0 Å². The average molecular weight is 268 g/mol. The number of hydrogen-bond donors (Lipinski definition) is 0. The van der Waals surface area contributed by atoms with Crippen molar-refractivity contribution in [3.8, 4) is 0 Å². The van der Waals surface area contributed by atoms with Gasteiger partial charge in [-0.15, -0.1) is 11.3 Å². The minimum atomic E-state index is 1.10. The Kier molecular flexibility index (Phi) is 3.10. The van der Waals surface area contributed by atoms with Crippen molar-refractivity contribution in [2.45, 2.75) is 40.5 Å². The molecule has 1 aromatic heterocycles. The van der Waals surface area contributed by atoms with E-state index < -0.39 is 0 Å². The molecule has 0 saturated carbocycles. The first-order valence-corrected chi connectivity index (χ1v) is 7.82. The first kappa shape index (κ1) is 12.7. The first-order valence-electron chi connectivity index (χ1n) is 7.01. The monoisotopic (exact) mass is 268 g/mol. The van der Waals surface area contributed by atoms with Crippen LogP contribution in [0.2, 0.25) is 0 Å². The Hall–Kier alpha value is -1.34. The van der Waals surface area contributed by atoms with Gasteiger partial charge >= 0.3 is 0 Å². The van der Waals surface area contributed by atoms with E-state index >= 15 is 0 Å². The van der Waals surface area contributed by atoms with E-state index in [1.165, 1.54) is 43.2 Å². The molecular weight excluding hydrogens is 248 g/mol. The van der Waals surface area contributed by atoms with Gasteiger partial charge < -0.3 is 0 Å². The molecule has 0 bridgehead atoms. The van der Waals surface area contributed by atoms with Crippen molar-refractivity contribution in [1.29, 1.82) is 0 Å². The van der Waals surface area contributed by atoms with Crippen molar-refractivity contribution in [2.75, 3.05) is 0 Å². The van der Waals surface area contributed by atoms with Crippen LogP contribution >= 0.6 is 11.3 Å². The van der Waals surface area contributed by atoms with Crippen LogP contribution in [0.25, 0.3) is 17.2 Å². The second-order valence-corrected chi connectivity index (χ2v) is 6.78. The second-order valence-electron chi connectivity index (χ2n) is 5.53. The van der Waals surface area contributed by atoms with Gasteiger partial charge in [0.05, 0.1) is 0 Å². The number of allylic oxidation sites excluding steroid dienone is 7. The Morgan fingerprint density at radius 2 is 2.00 bits per heavy atom. The van der Waals surface area contributed by atoms with Crippen LogP contribution in [-0.4, -0.2) is 0 Å². The number of thiophene rings is 1. The Morgan fingerprint density at radius 3 is 2.63 bits per heavy atom. The molecule has 0 nitrogen and oxygen atoms in total. The maximum absolute atomic E-state index is 2.40. The fourth-order valence-electron chi connectivity index (χ4n) is 3.00. The van der Waals surface area contributed by atoms with E-state index in [9.17, 15) is 0 Å².